The minimum absolute atomic E-state index is 0.0502. The van der Waals surface area contributed by atoms with Crippen LogP contribution in [0, 0.1) is 0 Å². The van der Waals surface area contributed by atoms with Crippen LogP contribution in [0.1, 0.15) is 98.5 Å². The molecule has 6 bridgehead atoms. The molecule has 13 rings (SSSR count). The molecule has 1 nitrogen and oxygen atoms in total. The van der Waals surface area contributed by atoms with E-state index in [-0.39, 0.29) is 16.2 Å². The summed E-state index contributed by atoms with van der Waals surface area (Å²) in [5.74, 6) is 0. The molecule has 9 aromatic carbocycles. The maximum absolute atomic E-state index is 2.61. The van der Waals surface area contributed by atoms with E-state index in [0.29, 0.717) is 0 Å². The molecule has 0 N–H and O–H groups in total. The van der Waals surface area contributed by atoms with Gasteiger partial charge in [0, 0.05) is 27.8 Å². The van der Waals surface area contributed by atoms with Gasteiger partial charge in [-0.15, -0.1) is 0 Å². The fourth-order valence-electron chi connectivity index (χ4n) is 12.0. The van der Waals surface area contributed by atoms with Gasteiger partial charge in [-0.25, -0.2) is 0 Å². The van der Waals surface area contributed by atoms with Gasteiger partial charge < -0.3 is 4.90 Å². The van der Waals surface area contributed by atoms with Gasteiger partial charge in [0.15, 0.2) is 0 Å². The molecule has 2 aliphatic carbocycles. The summed E-state index contributed by atoms with van der Waals surface area (Å²) in [6.45, 7) is 16.8. The van der Waals surface area contributed by atoms with Crippen molar-refractivity contribution in [1.29, 1.82) is 0 Å². The summed E-state index contributed by atoms with van der Waals surface area (Å²) in [6.07, 6.45) is 0. The molecule has 0 saturated carbocycles. The van der Waals surface area contributed by atoms with Crippen molar-refractivity contribution in [3.63, 3.8) is 0 Å². The summed E-state index contributed by atoms with van der Waals surface area (Å²) < 4.78 is 0. The highest BCUT2D eigenvalue weighted by molar-refractivity contribution is 6.01. The summed E-state index contributed by atoms with van der Waals surface area (Å²) in [6, 6.07) is 78.7. The van der Waals surface area contributed by atoms with E-state index >= 15 is 0 Å². The van der Waals surface area contributed by atoms with Crippen LogP contribution in [0.2, 0.25) is 0 Å². The van der Waals surface area contributed by atoms with E-state index in [4.69, 9.17) is 0 Å². The highest BCUT2D eigenvalue weighted by atomic mass is 15.1. The molecular weight excluding hydrogens is 795 g/mol. The largest absolute Gasteiger partial charge is 0.310 e. The van der Waals surface area contributed by atoms with Gasteiger partial charge in [-0.2, -0.15) is 0 Å². The topological polar surface area (TPSA) is 3.24 Å². The second kappa shape index (κ2) is 14.4. The van der Waals surface area contributed by atoms with Gasteiger partial charge in [0.2, 0.25) is 0 Å². The first-order chi connectivity index (χ1) is 31.9. The molecule has 2 heterocycles. The van der Waals surface area contributed by atoms with E-state index < -0.39 is 5.41 Å². The lowest BCUT2D eigenvalue weighted by atomic mass is 9.65. The molecule has 0 amide bonds. The minimum atomic E-state index is -0.593. The molecular formula is C65H55N. The molecule has 0 aromatic heterocycles. The summed E-state index contributed by atoms with van der Waals surface area (Å²) in [5.41, 5.74) is 24.4. The molecule has 0 atom stereocenters. The number of fused-ring (bicyclic) bond motifs is 4. The van der Waals surface area contributed by atoms with Crippen LogP contribution in [0.15, 0.2) is 206 Å². The second-order valence-electron chi connectivity index (χ2n) is 20.9. The lowest BCUT2D eigenvalue weighted by Crippen LogP contribution is -2.30. The minimum Gasteiger partial charge on any atom is -0.310 e. The van der Waals surface area contributed by atoms with E-state index in [0.717, 1.165) is 17.1 Å². The maximum atomic E-state index is 2.61. The Bertz CT molecular complexity index is 3330. The Morgan fingerprint density at radius 3 is 1.58 bits per heavy atom. The lowest BCUT2D eigenvalue weighted by Gasteiger charge is -2.37. The van der Waals surface area contributed by atoms with Crippen LogP contribution >= 0.6 is 0 Å². The van der Waals surface area contributed by atoms with Crippen LogP contribution in [0.3, 0.4) is 0 Å². The molecule has 320 valence electrons. The number of benzene rings is 9. The lowest BCUT2D eigenvalue weighted by molar-refractivity contribution is 0.588. The van der Waals surface area contributed by atoms with E-state index in [1.165, 1.54) is 94.6 Å². The molecule has 1 heteroatoms. The van der Waals surface area contributed by atoms with Crippen LogP contribution in [-0.2, 0) is 21.7 Å². The number of nitrogens with zero attached hydrogens (tertiary/aromatic N) is 1. The number of hydrogen-bond acceptors (Lipinski definition) is 1. The summed E-state index contributed by atoms with van der Waals surface area (Å²) >= 11 is 0. The van der Waals surface area contributed by atoms with Crippen molar-refractivity contribution in [2.45, 2.75) is 70.1 Å². The zero-order valence-electron chi connectivity index (χ0n) is 39.1. The first-order valence-corrected chi connectivity index (χ1v) is 23.7. The summed E-state index contributed by atoms with van der Waals surface area (Å²) in [7, 11) is 0. The van der Waals surface area contributed by atoms with E-state index in [9.17, 15) is 0 Å². The molecule has 66 heavy (non-hydrogen) atoms. The molecule has 0 unspecified atom stereocenters. The van der Waals surface area contributed by atoms with E-state index in [1.54, 1.807) is 0 Å². The molecule has 0 radical (unpaired) electrons. The zero-order chi connectivity index (χ0) is 45.2. The van der Waals surface area contributed by atoms with Crippen molar-refractivity contribution in [2.24, 2.45) is 0 Å². The highest BCUT2D eigenvalue weighted by Crippen LogP contribution is 2.62. The fourth-order valence-corrected chi connectivity index (χ4v) is 12.0. The van der Waals surface area contributed by atoms with Gasteiger partial charge in [-0.3, -0.25) is 0 Å². The maximum Gasteiger partial charge on any atom is 0.0713 e. The highest BCUT2D eigenvalue weighted by Gasteiger charge is 2.49. The quantitative estimate of drug-likeness (QED) is 0.171. The SMILES string of the molecule is CC(C)(C)c1ccc2c(c1)C(c1ccccc1)(c1ccccc1)c1cc3cc(c1-2)-c1ccccc1N(c1ccc(-c2ccccc2)cc1)c1ccc2c(c1)C(C)(C)c1cccc(c1-2)C3(C)C. The van der Waals surface area contributed by atoms with Crippen LogP contribution in [0.4, 0.5) is 17.1 Å². The molecule has 0 saturated heterocycles. The van der Waals surface area contributed by atoms with Crippen molar-refractivity contribution in [3.8, 4) is 44.5 Å². The summed E-state index contributed by atoms with van der Waals surface area (Å²) in [4.78, 5) is 2.52. The Morgan fingerprint density at radius 2 is 0.909 bits per heavy atom. The van der Waals surface area contributed by atoms with Gasteiger partial charge in [0.05, 0.1) is 11.1 Å². The second-order valence-corrected chi connectivity index (χ2v) is 20.9. The van der Waals surface area contributed by atoms with Crippen molar-refractivity contribution in [2.75, 3.05) is 4.90 Å². The Labute approximate surface area is 391 Å². The summed E-state index contributed by atoms with van der Waals surface area (Å²) in [5, 5.41) is 0. The van der Waals surface area contributed by atoms with Gasteiger partial charge in [-0.05, 0) is 131 Å². The average molecular weight is 850 g/mol. The molecule has 9 aromatic rings. The molecule has 0 fully saturated rings. The zero-order valence-corrected chi connectivity index (χ0v) is 39.1. The monoisotopic (exact) mass is 849 g/mol. The van der Waals surface area contributed by atoms with Crippen LogP contribution in [0.25, 0.3) is 44.5 Å². The van der Waals surface area contributed by atoms with Gasteiger partial charge in [-0.1, -0.05) is 218 Å². The van der Waals surface area contributed by atoms with Crippen molar-refractivity contribution in [3.05, 3.63) is 256 Å². The van der Waals surface area contributed by atoms with Gasteiger partial charge in [0.1, 0.15) is 0 Å². The number of para-hydroxylation sites is 1. The Kier molecular flexibility index (Phi) is 8.79. The number of rotatable bonds is 4. The van der Waals surface area contributed by atoms with Gasteiger partial charge >= 0.3 is 0 Å². The average Bonchev–Trinajstić information content (AvgIpc) is 3.77. The molecule has 0 spiro atoms. The molecule has 4 aliphatic rings. The van der Waals surface area contributed by atoms with Crippen LogP contribution in [-0.4, -0.2) is 0 Å². The van der Waals surface area contributed by atoms with E-state index in [2.05, 4.69) is 260 Å². The third-order valence-corrected chi connectivity index (χ3v) is 15.5. The third-order valence-electron chi connectivity index (χ3n) is 15.5. The first kappa shape index (κ1) is 40.3. The predicted molar refractivity (Wildman–Crippen MR) is 278 cm³/mol. The Morgan fingerprint density at radius 1 is 0.348 bits per heavy atom. The van der Waals surface area contributed by atoms with Crippen molar-refractivity contribution < 1.29 is 0 Å². The predicted octanol–water partition coefficient (Wildman–Crippen LogP) is 17.1. The fraction of sp³-hybridized carbons (Fsp3) is 0.169. The smallest absolute Gasteiger partial charge is 0.0713 e. The van der Waals surface area contributed by atoms with Crippen molar-refractivity contribution in [1.82, 2.24) is 0 Å². The normalized spacial score (nSPS) is 15.5. The third kappa shape index (κ3) is 5.72. The van der Waals surface area contributed by atoms with E-state index in [1.807, 2.05) is 0 Å². The number of anilines is 3. The Balaban J connectivity index is 1.25. The van der Waals surface area contributed by atoms with Crippen LogP contribution in [0.5, 0.6) is 0 Å². The van der Waals surface area contributed by atoms with Crippen LogP contribution < -0.4 is 4.90 Å². The standard InChI is InChI=1S/C65H55N/c1-62(2,3)46-32-36-52-57(39-46)65(44-22-13-9-14-23-44,45-24-15-10-16-25-45)58-40-47-38-53(60(52)58)50-26-17-18-29-59(50)66(48-33-30-43(31-34-48)42-20-11-8-12-21-42)49-35-37-51-56(41-49)64(6,7)55-28-19-27-54(61(51)55)63(47,4)5/h8-41H,1-7H3. The first-order valence-electron chi connectivity index (χ1n) is 23.7. The Hall–Kier alpha value is -7.22. The van der Waals surface area contributed by atoms with Crippen molar-refractivity contribution >= 4 is 17.1 Å². The van der Waals surface area contributed by atoms with Gasteiger partial charge in [0.25, 0.3) is 0 Å². The molecule has 2 aliphatic heterocycles. The number of hydrogen-bond donors (Lipinski definition) is 0.